The average Bonchev–Trinajstić information content (AvgIpc) is 3.49. The molecule has 2 aromatic carbocycles. The van der Waals surface area contributed by atoms with E-state index in [1.54, 1.807) is 13.2 Å². The molecule has 0 saturated carbocycles. The van der Waals surface area contributed by atoms with Crippen molar-refractivity contribution in [1.82, 2.24) is 9.91 Å². The predicted octanol–water partition coefficient (Wildman–Crippen LogP) is 3.35. The van der Waals surface area contributed by atoms with Crippen LogP contribution in [0.4, 0.5) is 4.39 Å². The van der Waals surface area contributed by atoms with Crippen LogP contribution >= 0.6 is 0 Å². The Labute approximate surface area is 192 Å². The van der Waals surface area contributed by atoms with Gasteiger partial charge in [-0.05, 0) is 47.5 Å². The molecule has 3 aliphatic heterocycles. The molecule has 1 atom stereocenters. The van der Waals surface area contributed by atoms with Crippen molar-refractivity contribution in [1.29, 1.82) is 0 Å². The number of rotatable bonds is 5. The summed E-state index contributed by atoms with van der Waals surface area (Å²) in [5.41, 5.74) is 2.45. The zero-order valence-corrected chi connectivity index (χ0v) is 18.7. The van der Waals surface area contributed by atoms with E-state index in [0.29, 0.717) is 19.6 Å². The molecule has 3 aliphatic rings. The molecule has 1 unspecified atom stereocenters. The lowest BCUT2D eigenvalue weighted by Gasteiger charge is -2.37. The largest absolute Gasteiger partial charge is 0.497 e. The maximum Gasteiger partial charge on any atom is 0.257 e. The Morgan fingerprint density at radius 2 is 1.88 bits per heavy atom. The number of hydrogen-bond donors (Lipinski definition) is 0. The Bertz CT molecular complexity index is 1030. The van der Waals surface area contributed by atoms with Crippen LogP contribution in [0.3, 0.4) is 0 Å². The summed E-state index contributed by atoms with van der Waals surface area (Å²) in [6, 6.07) is 13.7. The summed E-state index contributed by atoms with van der Waals surface area (Å²) in [5, 5.41) is 6.23. The molecule has 0 N–H and O–H groups in total. The van der Waals surface area contributed by atoms with Gasteiger partial charge in [-0.25, -0.2) is 9.40 Å². The second-order valence-corrected chi connectivity index (χ2v) is 8.67. The van der Waals surface area contributed by atoms with Crippen molar-refractivity contribution in [2.45, 2.75) is 31.1 Å². The average molecular weight is 454 g/mol. The van der Waals surface area contributed by atoms with Gasteiger partial charge in [-0.15, -0.1) is 0 Å². The highest BCUT2D eigenvalue weighted by Gasteiger charge is 2.41. The molecule has 8 heteroatoms. The van der Waals surface area contributed by atoms with Crippen molar-refractivity contribution in [2.75, 3.05) is 40.0 Å². The highest BCUT2D eigenvalue weighted by molar-refractivity contribution is 6.03. The van der Waals surface area contributed by atoms with Crippen LogP contribution in [0.25, 0.3) is 0 Å². The van der Waals surface area contributed by atoms with Crippen molar-refractivity contribution >= 4 is 11.6 Å². The summed E-state index contributed by atoms with van der Waals surface area (Å²) in [6.45, 7) is 2.95. The topological polar surface area (TPSA) is 63.6 Å². The Balaban J connectivity index is 1.34. The fourth-order valence-corrected chi connectivity index (χ4v) is 4.77. The molecule has 1 amide bonds. The van der Waals surface area contributed by atoms with Gasteiger partial charge in [0.1, 0.15) is 11.6 Å². The minimum Gasteiger partial charge on any atom is -0.497 e. The SMILES string of the molecule is COc1ccc(C2=NN(C(=O)CN3CCC4(CC3)OCCO4)C(c3cccc(F)c3)C2)cc1. The van der Waals surface area contributed by atoms with Crippen molar-refractivity contribution in [3.05, 3.63) is 65.5 Å². The first-order chi connectivity index (χ1) is 16.0. The zero-order valence-electron chi connectivity index (χ0n) is 18.7. The Morgan fingerprint density at radius 3 is 2.55 bits per heavy atom. The number of hydrazone groups is 1. The van der Waals surface area contributed by atoms with Crippen molar-refractivity contribution in [3.8, 4) is 5.75 Å². The van der Waals surface area contributed by atoms with E-state index in [9.17, 15) is 9.18 Å². The van der Waals surface area contributed by atoms with Crippen LogP contribution in [-0.2, 0) is 14.3 Å². The van der Waals surface area contributed by atoms with Crippen molar-refractivity contribution in [3.63, 3.8) is 0 Å². The summed E-state index contributed by atoms with van der Waals surface area (Å²) in [4.78, 5) is 15.5. The maximum absolute atomic E-state index is 14.0. The van der Waals surface area contributed by atoms with E-state index in [1.807, 2.05) is 30.3 Å². The van der Waals surface area contributed by atoms with Crippen LogP contribution in [0.1, 0.15) is 36.4 Å². The first-order valence-electron chi connectivity index (χ1n) is 11.3. The van der Waals surface area contributed by atoms with E-state index in [0.717, 1.165) is 48.5 Å². The molecule has 3 heterocycles. The second kappa shape index (κ2) is 9.21. The number of piperidine rings is 1. The molecule has 7 nitrogen and oxygen atoms in total. The first kappa shape index (κ1) is 22.0. The quantitative estimate of drug-likeness (QED) is 0.695. The number of carbonyl (C=O) groups is 1. The molecular weight excluding hydrogens is 425 g/mol. The number of benzene rings is 2. The fourth-order valence-electron chi connectivity index (χ4n) is 4.77. The first-order valence-corrected chi connectivity index (χ1v) is 11.3. The van der Waals surface area contributed by atoms with Crippen LogP contribution in [0.5, 0.6) is 5.75 Å². The molecule has 0 radical (unpaired) electrons. The van der Waals surface area contributed by atoms with Crippen molar-refractivity contribution < 1.29 is 23.4 Å². The Hall–Kier alpha value is -2.81. The molecule has 2 saturated heterocycles. The number of hydrogen-bond acceptors (Lipinski definition) is 6. The van der Waals surface area contributed by atoms with Crippen LogP contribution in [0.15, 0.2) is 53.6 Å². The third-order valence-corrected chi connectivity index (χ3v) is 6.61. The van der Waals surface area contributed by atoms with Crippen LogP contribution in [0, 0.1) is 5.82 Å². The van der Waals surface area contributed by atoms with E-state index in [1.165, 1.54) is 17.1 Å². The van der Waals surface area contributed by atoms with E-state index in [-0.39, 0.29) is 24.3 Å². The highest BCUT2D eigenvalue weighted by Crippen LogP contribution is 2.35. The zero-order chi connectivity index (χ0) is 22.8. The van der Waals surface area contributed by atoms with Gasteiger partial charge in [0.2, 0.25) is 0 Å². The lowest BCUT2D eigenvalue weighted by molar-refractivity contribution is -0.186. The molecular formula is C25H28FN3O4. The Kier molecular flexibility index (Phi) is 6.14. The highest BCUT2D eigenvalue weighted by atomic mass is 19.1. The summed E-state index contributed by atoms with van der Waals surface area (Å²) >= 11 is 0. The summed E-state index contributed by atoms with van der Waals surface area (Å²) in [5.74, 6) is -0.144. The molecule has 1 spiro atoms. The molecule has 2 fully saturated rings. The lowest BCUT2D eigenvalue weighted by Crippen LogP contribution is -2.48. The summed E-state index contributed by atoms with van der Waals surface area (Å²) < 4.78 is 30.8. The minimum absolute atomic E-state index is 0.100. The van der Waals surface area contributed by atoms with Crippen molar-refractivity contribution in [2.24, 2.45) is 5.10 Å². The predicted molar refractivity (Wildman–Crippen MR) is 120 cm³/mol. The van der Waals surface area contributed by atoms with Gasteiger partial charge in [0.25, 0.3) is 5.91 Å². The van der Waals surface area contributed by atoms with Crippen LogP contribution in [-0.4, -0.2) is 67.3 Å². The van der Waals surface area contributed by atoms with Gasteiger partial charge in [-0.1, -0.05) is 12.1 Å². The number of methoxy groups -OCH3 is 1. The molecule has 0 aliphatic carbocycles. The van der Waals surface area contributed by atoms with Crippen LogP contribution < -0.4 is 4.74 Å². The number of nitrogens with zero attached hydrogens (tertiary/aromatic N) is 3. The standard InChI is InChI=1S/C25H28FN3O4/c1-31-21-7-5-18(6-8-21)22-16-23(19-3-2-4-20(26)15-19)29(27-22)24(30)17-28-11-9-25(10-12-28)32-13-14-33-25/h2-8,15,23H,9-14,16-17H2,1H3. The summed E-state index contributed by atoms with van der Waals surface area (Å²) in [6.07, 6.45) is 2.01. The number of likely N-dealkylation sites (tertiary alicyclic amines) is 1. The van der Waals surface area contributed by atoms with E-state index in [4.69, 9.17) is 19.3 Å². The molecule has 0 bridgehead atoms. The number of carbonyl (C=O) groups excluding carboxylic acids is 1. The van der Waals surface area contributed by atoms with Gasteiger partial charge in [0.15, 0.2) is 5.79 Å². The number of amides is 1. The van der Waals surface area contributed by atoms with Gasteiger partial charge in [0, 0.05) is 32.4 Å². The third-order valence-electron chi connectivity index (χ3n) is 6.61. The van der Waals surface area contributed by atoms with E-state index in [2.05, 4.69) is 4.90 Å². The van der Waals surface area contributed by atoms with Crippen LogP contribution in [0.2, 0.25) is 0 Å². The normalized spacial score (nSPS) is 22.5. The van der Waals surface area contributed by atoms with Gasteiger partial charge in [-0.2, -0.15) is 5.10 Å². The molecule has 0 aromatic heterocycles. The second-order valence-electron chi connectivity index (χ2n) is 8.67. The molecule has 33 heavy (non-hydrogen) atoms. The van der Waals surface area contributed by atoms with E-state index >= 15 is 0 Å². The van der Waals surface area contributed by atoms with Gasteiger partial charge >= 0.3 is 0 Å². The molecule has 2 aromatic rings. The molecule has 174 valence electrons. The maximum atomic E-state index is 14.0. The fraction of sp³-hybridized carbons (Fsp3) is 0.440. The third kappa shape index (κ3) is 4.64. The minimum atomic E-state index is -0.475. The number of ether oxygens (including phenoxy) is 3. The lowest BCUT2D eigenvalue weighted by atomic mass is 9.98. The Morgan fingerprint density at radius 1 is 1.15 bits per heavy atom. The number of halogens is 1. The smallest absolute Gasteiger partial charge is 0.257 e. The molecule has 5 rings (SSSR count). The van der Waals surface area contributed by atoms with E-state index < -0.39 is 5.79 Å². The monoisotopic (exact) mass is 453 g/mol. The summed E-state index contributed by atoms with van der Waals surface area (Å²) in [7, 11) is 1.62. The van der Waals surface area contributed by atoms with Gasteiger partial charge in [-0.3, -0.25) is 9.69 Å². The van der Waals surface area contributed by atoms with Gasteiger partial charge in [0.05, 0.1) is 38.6 Å². The van der Waals surface area contributed by atoms with Gasteiger partial charge < -0.3 is 14.2 Å².